The number of carbonyl (C=O) groups excluding carboxylic acids is 1. The molecule has 4 heteroatoms. The third-order valence-corrected chi connectivity index (χ3v) is 4.31. The Kier molecular flexibility index (Phi) is 4.99. The van der Waals surface area contributed by atoms with E-state index in [-0.39, 0.29) is 5.91 Å². The van der Waals surface area contributed by atoms with E-state index in [4.69, 9.17) is 0 Å². The molecule has 102 valence electrons. The number of anilines is 1. The van der Waals surface area contributed by atoms with E-state index >= 15 is 0 Å². The highest BCUT2D eigenvalue weighted by Gasteiger charge is 2.17. The van der Waals surface area contributed by atoms with Gasteiger partial charge in [-0.05, 0) is 46.4 Å². The molecule has 0 spiro atoms. The molecule has 2 aromatic carbocycles. The molecule has 2 nitrogen and oxygen atoms in total. The summed E-state index contributed by atoms with van der Waals surface area (Å²) in [4.78, 5) is 14.1. The van der Waals surface area contributed by atoms with Gasteiger partial charge in [-0.2, -0.15) is 0 Å². The molecule has 0 fully saturated rings. The fraction of sp³-hybridized carbons (Fsp3) is 0.0625. The van der Waals surface area contributed by atoms with Gasteiger partial charge in [0.05, 0.1) is 5.69 Å². The van der Waals surface area contributed by atoms with E-state index in [9.17, 15) is 4.79 Å². The van der Waals surface area contributed by atoms with Crippen molar-refractivity contribution in [1.82, 2.24) is 0 Å². The van der Waals surface area contributed by atoms with Gasteiger partial charge < -0.3 is 4.90 Å². The fourth-order valence-electron chi connectivity index (χ4n) is 1.83. The van der Waals surface area contributed by atoms with Crippen molar-refractivity contribution in [3.8, 4) is 0 Å². The molecule has 2 aromatic rings. The van der Waals surface area contributed by atoms with Crippen LogP contribution in [0.1, 0.15) is 5.56 Å². The number of benzene rings is 2. The number of amides is 1. The molecule has 0 N–H and O–H groups in total. The minimum atomic E-state index is -0.101. The van der Waals surface area contributed by atoms with Gasteiger partial charge in [-0.25, -0.2) is 0 Å². The van der Waals surface area contributed by atoms with Crippen LogP contribution < -0.4 is 4.90 Å². The van der Waals surface area contributed by atoms with Gasteiger partial charge in [0.15, 0.2) is 0 Å². The minimum absolute atomic E-state index is 0.101. The second-order valence-electron chi connectivity index (χ2n) is 4.30. The van der Waals surface area contributed by atoms with E-state index in [1.54, 1.807) is 11.9 Å². The van der Waals surface area contributed by atoms with Crippen molar-refractivity contribution in [2.75, 3.05) is 11.9 Å². The summed E-state index contributed by atoms with van der Waals surface area (Å²) in [7, 11) is 1.77. The molecule has 2 rings (SSSR count). The highest BCUT2D eigenvalue weighted by atomic mass is 127. The number of nitrogens with zero attached hydrogens (tertiary/aromatic N) is 1. The molecule has 0 bridgehead atoms. The third kappa shape index (κ3) is 3.30. The Morgan fingerprint density at radius 2 is 1.85 bits per heavy atom. The predicted molar refractivity (Wildman–Crippen MR) is 95.7 cm³/mol. The molecular formula is C16H13BrINO. The van der Waals surface area contributed by atoms with E-state index in [0.717, 1.165) is 19.3 Å². The van der Waals surface area contributed by atoms with Crippen LogP contribution in [0.2, 0.25) is 0 Å². The molecule has 0 atom stereocenters. The summed E-state index contributed by atoms with van der Waals surface area (Å²) < 4.78 is 2.00. The van der Waals surface area contributed by atoms with E-state index in [1.807, 2.05) is 48.5 Å². The molecule has 0 saturated carbocycles. The van der Waals surface area contributed by atoms with E-state index in [2.05, 4.69) is 45.1 Å². The van der Waals surface area contributed by atoms with Crippen molar-refractivity contribution in [1.29, 1.82) is 0 Å². The summed E-state index contributed by atoms with van der Waals surface area (Å²) >= 11 is 5.64. The van der Waals surface area contributed by atoms with Crippen LogP contribution in [-0.2, 0) is 4.79 Å². The zero-order valence-electron chi connectivity index (χ0n) is 10.9. The number of rotatable bonds is 3. The highest BCUT2D eigenvalue weighted by molar-refractivity contribution is 14.1. The van der Waals surface area contributed by atoms with Crippen LogP contribution in [0.5, 0.6) is 0 Å². The van der Waals surface area contributed by atoms with Gasteiger partial charge in [-0.1, -0.05) is 52.8 Å². The Balaban J connectivity index is 2.27. The second-order valence-corrected chi connectivity index (χ2v) is 6.38. The van der Waals surface area contributed by atoms with Crippen LogP contribution >= 0.6 is 38.5 Å². The lowest BCUT2D eigenvalue weighted by Crippen LogP contribution is -2.27. The van der Waals surface area contributed by atoms with Crippen molar-refractivity contribution < 1.29 is 4.79 Å². The van der Waals surface area contributed by atoms with Crippen LogP contribution in [0.4, 0.5) is 5.69 Å². The average molecular weight is 442 g/mol. The molecule has 0 unspecified atom stereocenters. The minimum Gasteiger partial charge on any atom is -0.310 e. The van der Waals surface area contributed by atoms with Gasteiger partial charge >= 0.3 is 0 Å². The first-order valence-corrected chi connectivity index (χ1v) is 7.85. The van der Waals surface area contributed by atoms with Gasteiger partial charge in [0.2, 0.25) is 0 Å². The van der Waals surface area contributed by atoms with Gasteiger partial charge in [0.25, 0.3) is 5.91 Å². The molecule has 0 aromatic heterocycles. The van der Waals surface area contributed by atoms with Crippen LogP contribution in [0.25, 0.3) is 5.57 Å². The molecule has 1 amide bonds. The van der Waals surface area contributed by atoms with Crippen LogP contribution in [0, 0.1) is 3.57 Å². The summed E-state index contributed by atoms with van der Waals surface area (Å²) in [6.07, 6.45) is 0. The lowest BCUT2D eigenvalue weighted by atomic mass is 10.1. The summed E-state index contributed by atoms with van der Waals surface area (Å²) in [5.41, 5.74) is 2.21. The van der Waals surface area contributed by atoms with Crippen molar-refractivity contribution in [2.45, 2.75) is 0 Å². The fourth-order valence-corrected chi connectivity index (χ4v) is 3.49. The Morgan fingerprint density at radius 1 is 1.20 bits per heavy atom. The molecule has 0 radical (unpaired) electrons. The van der Waals surface area contributed by atoms with Crippen molar-refractivity contribution in [3.63, 3.8) is 0 Å². The third-order valence-electron chi connectivity index (χ3n) is 2.96. The highest BCUT2D eigenvalue weighted by Crippen LogP contribution is 2.27. The van der Waals surface area contributed by atoms with Crippen LogP contribution in [0.15, 0.2) is 59.6 Å². The van der Waals surface area contributed by atoms with Crippen molar-refractivity contribution >= 4 is 55.7 Å². The number of likely N-dealkylation sites (N-methyl/N-ethyl adjacent to an activating group) is 1. The van der Waals surface area contributed by atoms with Crippen LogP contribution in [-0.4, -0.2) is 13.0 Å². The van der Waals surface area contributed by atoms with Crippen molar-refractivity contribution in [3.05, 3.63) is 68.7 Å². The Bertz CT molecular complexity index is 655. The van der Waals surface area contributed by atoms with Crippen molar-refractivity contribution in [2.24, 2.45) is 0 Å². The lowest BCUT2D eigenvalue weighted by Gasteiger charge is -2.20. The Hall–Kier alpha value is -1.14. The largest absolute Gasteiger partial charge is 0.310 e. The first-order chi connectivity index (χ1) is 9.50. The van der Waals surface area contributed by atoms with E-state index in [0.29, 0.717) is 5.57 Å². The van der Waals surface area contributed by atoms with E-state index in [1.165, 1.54) is 0 Å². The Labute approximate surface area is 140 Å². The zero-order valence-corrected chi connectivity index (χ0v) is 14.7. The first-order valence-electron chi connectivity index (χ1n) is 5.98. The lowest BCUT2D eigenvalue weighted by molar-refractivity contribution is -0.113. The normalized spacial score (nSPS) is 10.2. The number of halogens is 2. The molecule has 0 aliphatic carbocycles. The van der Waals surface area contributed by atoms with E-state index < -0.39 is 0 Å². The number of carbonyl (C=O) groups is 1. The second kappa shape index (κ2) is 6.54. The summed E-state index contributed by atoms with van der Waals surface area (Å²) in [5.74, 6) is -0.101. The van der Waals surface area contributed by atoms with Crippen LogP contribution in [0.3, 0.4) is 0 Å². The maximum Gasteiger partial charge on any atom is 0.258 e. The zero-order chi connectivity index (χ0) is 14.7. The van der Waals surface area contributed by atoms with Gasteiger partial charge in [0.1, 0.15) is 0 Å². The molecule has 20 heavy (non-hydrogen) atoms. The summed E-state index contributed by atoms with van der Waals surface area (Å²) in [6, 6.07) is 15.3. The summed E-state index contributed by atoms with van der Waals surface area (Å²) in [6.45, 7) is 3.92. The molecule has 0 saturated heterocycles. The number of hydrogen-bond acceptors (Lipinski definition) is 1. The predicted octanol–water partition coefficient (Wildman–Crippen LogP) is 4.73. The average Bonchev–Trinajstić information content (AvgIpc) is 2.46. The monoisotopic (exact) mass is 441 g/mol. The smallest absolute Gasteiger partial charge is 0.258 e. The maximum atomic E-state index is 12.5. The maximum absolute atomic E-state index is 12.5. The topological polar surface area (TPSA) is 20.3 Å². The molecule has 0 aliphatic rings. The van der Waals surface area contributed by atoms with Gasteiger partial charge in [0, 0.05) is 20.7 Å². The van der Waals surface area contributed by atoms with Gasteiger partial charge in [-0.15, -0.1) is 0 Å². The SMILES string of the molecule is C=C(C(=O)N(C)c1ccc(Br)cc1I)c1ccccc1. The number of hydrogen-bond donors (Lipinski definition) is 0. The quantitative estimate of drug-likeness (QED) is 0.498. The molecule has 0 aliphatic heterocycles. The standard InChI is InChI=1S/C16H13BrINO/c1-11(12-6-4-3-5-7-12)16(20)19(2)15-9-8-13(17)10-14(15)18/h3-10H,1H2,2H3. The van der Waals surface area contributed by atoms with Gasteiger partial charge in [-0.3, -0.25) is 4.79 Å². The Morgan fingerprint density at radius 3 is 2.45 bits per heavy atom. The summed E-state index contributed by atoms with van der Waals surface area (Å²) in [5, 5.41) is 0. The molecule has 0 heterocycles. The first kappa shape index (κ1) is 15.3. The molecular weight excluding hydrogens is 429 g/mol.